The summed E-state index contributed by atoms with van der Waals surface area (Å²) in [5.74, 6) is -0.0134. The van der Waals surface area contributed by atoms with E-state index in [0.29, 0.717) is 16.4 Å². The average molecular weight is 470 g/mol. The minimum Gasteiger partial charge on any atom is -0.342 e. The molecule has 1 N–H and O–H groups in total. The van der Waals surface area contributed by atoms with Crippen LogP contribution in [0.25, 0.3) is 22.3 Å². The molecule has 0 unspecified atom stereocenters. The van der Waals surface area contributed by atoms with Crippen LogP contribution in [-0.4, -0.2) is 36.9 Å². The predicted molar refractivity (Wildman–Crippen MR) is 131 cm³/mol. The zero-order valence-electron chi connectivity index (χ0n) is 18.0. The van der Waals surface area contributed by atoms with E-state index < -0.39 is 0 Å². The van der Waals surface area contributed by atoms with Crippen molar-refractivity contribution in [3.8, 4) is 11.4 Å². The molecule has 1 amide bonds. The van der Waals surface area contributed by atoms with Crippen molar-refractivity contribution >= 4 is 34.6 Å². The number of amides is 1. The third kappa shape index (κ3) is 4.72. The Hall–Kier alpha value is -4.30. The fourth-order valence-corrected chi connectivity index (χ4v) is 3.91. The molecule has 0 radical (unpaired) electrons. The van der Waals surface area contributed by atoms with E-state index in [1.54, 1.807) is 18.3 Å². The van der Waals surface area contributed by atoms with E-state index >= 15 is 0 Å². The molecule has 0 saturated carbocycles. The third-order valence-electron chi connectivity index (χ3n) is 5.26. The van der Waals surface area contributed by atoms with Crippen LogP contribution in [0.2, 0.25) is 5.02 Å². The molecule has 2 heterocycles. The van der Waals surface area contributed by atoms with E-state index in [1.807, 2.05) is 54.7 Å². The van der Waals surface area contributed by atoms with Crippen molar-refractivity contribution in [2.75, 3.05) is 0 Å². The van der Waals surface area contributed by atoms with Crippen LogP contribution < -0.4 is 5.43 Å². The quantitative estimate of drug-likeness (QED) is 0.286. The average Bonchev–Trinajstić information content (AvgIpc) is 3.45. The number of carbonyl (C=O) groups is 1. The number of tetrazole rings is 1. The van der Waals surface area contributed by atoms with E-state index in [4.69, 9.17) is 11.6 Å². The maximum atomic E-state index is 12.3. The van der Waals surface area contributed by atoms with E-state index in [1.165, 1.54) is 10.4 Å². The highest BCUT2D eigenvalue weighted by atomic mass is 35.5. The number of fused-ring (bicyclic) bond motifs is 1. The van der Waals surface area contributed by atoms with Gasteiger partial charge < -0.3 is 4.57 Å². The Labute approximate surface area is 200 Å². The Morgan fingerprint density at radius 3 is 2.62 bits per heavy atom. The molecular formula is C25H20ClN7O. The second-order valence-corrected chi connectivity index (χ2v) is 8.04. The van der Waals surface area contributed by atoms with Crippen LogP contribution in [0.15, 0.2) is 90.2 Å². The van der Waals surface area contributed by atoms with Gasteiger partial charge in [-0.25, -0.2) is 5.43 Å². The van der Waals surface area contributed by atoms with Gasteiger partial charge in [0.1, 0.15) is 6.54 Å². The Morgan fingerprint density at radius 2 is 1.76 bits per heavy atom. The molecule has 0 aliphatic carbocycles. The lowest BCUT2D eigenvalue weighted by atomic mass is 10.2. The van der Waals surface area contributed by atoms with Gasteiger partial charge >= 0.3 is 0 Å². The van der Waals surface area contributed by atoms with E-state index in [2.05, 4.69) is 48.7 Å². The minimum atomic E-state index is -0.368. The van der Waals surface area contributed by atoms with Crippen molar-refractivity contribution in [2.45, 2.75) is 13.1 Å². The number of nitrogens with one attached hydrogen (secondary N) is 1. The molecule has 0 bridgehead atoms. The summed E-state index contributed by atoms with van der Waals surface area (Å²) in [5.41, 5.74) is 6.39. The SMILES string of the molecule is O=C(Cn1nnc(-c2ccccc2Cl)n1)N/N=C\c1cn(Cc2ccccc2)c2ccccc12. The van der Waals surface area contributed by atoms with Gasteiger partial charge in [0.05, 0.1) is 11.2 Å². The lowest BCUT2D eigenvalue weighted by Crippen LogP contribution is -2.24. The van der Waals surface area contributed by atoms with Crippen molar-refractivity contribution in [3.63, 3.8) is 0 Å². The predicted octanol–water partition coefficient (Wildman–Crippen LogP) is 4.15. The van der Waals surface area contributed by atoms with Crippen molar-refractivity contribution in [1.29, 1.82) is 0 Å². The van der Waals surface area contributed by atoms with Gasteiger partial charge in [0.2, 0.25) is 5.82 Å². The van der Waals surface area contributed by atoms with Crippen LogP contribution in [0.5, 0.6) is 0 Å². The number of nitrogens with zero attached hydrogens (tertiary/aromatic N) is 6. The molecule has 0 spiro atoms. The normalized spacial score (nSPS) is 11.3. The van der Waals surface area contributed by atoms with Crippen molar-refractivity contribution in [3.05, 3.63) is 101 Å². The molecule has 9 heteroatoms. The number of halogens is 1. The highest BCUT2D eigenvalue weighted by Crippen LogP contribution is 2.23. The van der Waals surface area contributed by atoms with Crippen molar-refractivity contribution in [2.24, 2.45) is 5.10 Å². The Balaban J connectivity index is 1.27. The summed E-state index contributed by atoms with van der Waals surface area (Å²) >= 11 is 6.17. The Morgan fingerprint density at radius 1 is 1.00 bits per heavy atom. The Bertz CT molecular complexity index is 1470. The molecule has 0 saturated heterocycles. The fourth-order valence-electron chi connectivity index (χ4n) is 3.69. The maximum Gasteiger partial charge on any atom is 0.263 e. The molecule has 3 aromatic carbocycles. The highest BCUT2D eigenvalue weighted by Gasteiger charge is 2.12. The number of rotatable bonds is 7. The van der Waals surface area contributed by atoms with E-state index in [0.717, 1.165) is 23.0 Å². The number of benzene rings is 3. The molecule has 168 valence electrons. The standard InChI is InChI=1S/C25H20ClN7O/c26-22-12-6-4-11-21(22)25-29-31-33(30-25)17-24(34)28-27-14-19-16-32(15-18-8-2-1-3-9-18)23-13-7-5-10-20(19)23/h1-14,16H,15,17H2,(H,28,34)/b27-14-. The molecule has 0 aliphatic rings. The molecule has 0 atom stereocenters. The van der Waals surface area contributed by atoms with Gasteiger partial charge in [-0.3, -0.25) is 4.79 Å². The van der Waals surface area contributed by atoms with Crippen molar-refractivity contribution in [1.82, 2.24) is 30.2 Å². The van der Waals surface area contributed by atoms with Gasteiger partial charge in [-0.2, -0.15) is 9.90 Å². The van der Waals surface area contributed by atoms with Gasteiger partial charge in [0.15, 0.2) is 0 Å². The number of carbonyl (C=O) groups excluding carboxylic acids is 1. The lowest BCUT2D eigenvalue weighted by molar-refractivity contribution is -0.122. The van der Waals surface area contributed by atoms with Crippen LogP contribution in [0, 0.1) is 0 Å². The maximum absolute atomic E-state index is 12.3. The number of para-hydroxylation sites is 1. The molecular weight excluding hydrogens is 450 g/mol. The van der Waals surface area contributed by atoms with Crippen LogP contribution >= 0.6 is 11.6 Å². The fraction of sp³-hybridized carbons (Fsp3) is 0.0800. The molecule has 5 aromatic rings. The first-order valence-corrected chi connectivity index (χ1v) is 11.0. The first kappa shape index (κ1) is 21.5. The molecule has 8 nitrogen and oxygen atoms in total. The van der Waals surface area contributed by atoms with Gasteiger partial charge in [-0.15, -0.1) is 10.2 Å². The summed E-state index contributed by atoms with van der Waals surface area (Å²) in [7, 11) is 0. The first-order valence-electron chi connectivity index (χ1n) is 10.6. The molecule has 0 aliphatic heterocycles. The number of hydrazone groups is 1. The number of hydrogen-bond acceptors (Lipinski definition) is 5. The highest BCUT2D eigenvalue weighted by molar-refractivity contribution is 6.33. The third-order valence-corrected chi connectivity index (χ3v) is 5.59. The van der Waals surface area contributed by atoms with E-state index in [9.17, 15) is 4.79 Å². The number of aromatic nitrogens is 5. The minimum absolute atomic E-state index is 0.120. The van der Waals surface area contributed by atoms with Crippen LogP contribution in [0.1, 0.15) is 11.1 Å². The second-order valence-electron chi connectivity index (χ2n) is 7.63. The topological polar surface area (TPSA) is 90.0 Å². The zero-order valence-corrected chi connectivity index (χ0v) is 18.8. The summed E-state index contributed by atoms with van der Waals surface area (Å²) < 4.78 is 2.17. The van der Waals surface area contributed by atoms with Crippen LogP contribution in [0.3, 0.4) is 0 Å². The summed E-state index contributed by atoms with van der Waals surface area (Å²) in [6, 6.07) is 25.5. The van der Waals surface area contributed by atoms with Gasteiger partial charge in [0.25, 0.3) is 5.91 Å². The lowest BCUT2D eigenvalue weighted by Gasteiger charge is -2.05. The second kappa shape index (κ2) is 9.68. The first-order chi connectivity index (χ1) is 16.7. The smallest absolute Gasteiger partial charge is 0.263 e. The monoisotopic (exact) mass is 469 g/mol. The van der Waals surface area contributed by atoms with Crippen LogP contribution in [-0.2, 0) is 17.9 Å². The summed E-state index contributed by atoms with van der Waals surface area (Å²) in [6.07, 6.45) is 3.67. The molecule has 0 fully saturated rings. The van der Waals surface area contributed by atoms with E-state index in [-0.39, 0.29) is 12.5 Å². The largest absolute Gasteiger partial charge is 0.342 e. The van der Waals surface area contributed by atoms with Crippen LogP contribution in [0.4, 0.5) is 0 Å². The Kier molecular flexibility index (Phi) is 6.13. The van der Waals surface area contributed by atoms with Gasteiger partial charge in [-0.05, 0) is 29.0 Å². The summed E-state index contributed by atoms with van der Waals surface area (Å²) in [6.45, 7) is 0.623. The summed E-state index contributed by atoms with van der Waals surface area (Å²) in [5, 5.41) is 17.8. The van der Waals surface area contributed by atoms with Gasteiger partial charge in [-0.1, -0.05) is 72.3 Å². The van der Waals surface area contributed by atoms with Gasteiger partial charge in [0, 0.05) is 34.8 Å². The molecule has 2 aromatic heterocycles. The zero-order chi connectivity index (χ0) is 23.3. The summed E-state index contributed by atoms with van der Waals surface area (Å²) in [4.78, 5) is 13.5. The van der Waals surface area contributed by atoms with Crippen molar-refractivity contribution < 1.29 is 4.79 Å². The molecule has 34 heavy (non-hydrogen) atoms. The number of hydrogen-bond donors (Lipinski definition) is 1. The molecule has 5 rings (SSSR count).